The molecular weight excluding hydrogens is 646 g/mol. The van der Waals surface area contributed by atoms with E-state index in [9.17, 15) is 37.3 Å². The van der Waals surface area contributed by atoms with Crippen LogP contribution < -0.4 is 5.32 Å². The molecule has 0 radical (unpaired) electrons. The fraction of sp³-hybridized carbons (Fsp3) is 0.435. The molecule has 2 saturated heterocycles. The molecule has 0 unspecified atom stereocenters. The van der Waals surface area contributed by atoms with Crippen molar-refractivity contribution < 1.29 is 32.1 Å². The quantitative estimate of drug-likeness (QED) is 0.262. The third-order valence-electron chi connectivity index (χ3n) is 6.29. The second kappa shape index (κ2) is 10.8. The molecule has 9 nitrogen and oxygen atoms in total. The summed E-state index contributed by atoms with van der Waals surface area (Å²) >= 11 is 6.31. The van der Waals surface area contributed by atoms with Crippen molar-refractivity contribution in [3.63, 3.8) is 0 Å². The summed E-state index contributed by atoms with van der Waals surface area (Å²) in [6.07, 6.45) is 0.785. The molecule has 0 aliphatic carbocycles. The Labute approximate surface area is 231 Å². The number of nitrogens with zero attached hydrogens (tertiary/aromatic N) is 4. The Morgan fingerprint density at radius 2 is 1.68 bits per heavy atom. The zero-order chi connectivity index (χ0) is 27.8. The number of anilines is 1. The van der Waals surface area contributed by atoms with E-state index in [1.54, 1.807) is 0 Å². The standard InChI is InChI=1S/C23H21Br2F4N5O4/c24-14-6-17(21(36)32-3-1-22(26,27)2-4-32)19(18(7-14)34(37)38)31-16-8-23(28,29)12-33(11-16)20(35)13-5-15(25)10-30-9-13/h5-7,9-10,16,31H,1-4,8,11-12H2/t16-/m1/s1. The van der Waals surface area contributed by atoms with Crippen molar-refractivity contribution in [1.82, 2.24) is 14.8 Å². The third-order valence-corrected chi connectivity index (χ3v) is 7.18. The number of carbonyl (C=O) groups excluding carboxylic acids is 2. The summed E-state index contributed by atoms with van der Waals surface area (Å²) in [5, 5.41) is 14.6. The van der Waals surface area contributed by atoms with Gasteiger partial charge in [-0.2, -0.15) is 0 Å². The molecule has 1 N–H and O–H groups in total. The van der Waals surface area contributed by atoms with E-state index in [2.05, 4.69) is 42.2 Å². The highest BCUT2D eigenvalue weighted by Gasteiger charge is 2.44. The average molecular weight is 667 g/mol. The second-order valence-electron chi connectivity index (χ2n) is 9.23. The van der Waals surface area contributed by atoms with Crippen LogP contribution in [-0.2, 0) is 0 Å². The number of amides is 2. The Hall–Kier alpha value is -2.81. The van der Waals surface area contributed by atoms with Crippen LogP contribution in [0.2, 0.25) is 0 Å². The number of pyridine rings is 1. The van der Waals surface area contributed by atoms with Crippen LogP contribution in [0.5, 0.6) is 0 Å². The first kappa shape index (κ1) is 28.2. The fourth-order valence-electron chi connectivity index (χ4n) is 4.53. The number of nitro benzene ring substituents is 1. The largest absolute Gasteiger partial charge is 0.374 e. The molecule has 1 aromatic carbocycles. The van der Waals surface area contributed by atoms with E-state index in [1.165, 1.54) is 24.5 Å². The SMILES string of the molecule is O=C(c1cncc(Br)c1)N1C[C@H](Nc2c(C(=O)N3CCC(F)(F)CC3)cc(Br)cc2[N+](=O)[O-])CC(F)(F)C1. The summed E-state index contributed by atoms with van der Waals surface area (Å²) in [4.78, 5) is 43.3. The molecule has 1 aromatic heterocycles. The number of likely N-dealkylation sites (tertiary alicyclic amines) is 2. The predicted molar refractivity (Wildman–Crippen MR) is 136 cm³/mol. The Balaban J connectivity index is 1.65. The zero-order valence-electron chi connectivity index (χ0n) is 19.6. The highest BCUT2D eigenvalue weighted by atomic mass is 79.9. The number of carbonyl (C=O) groups is 2. The third kappa shape index (κ3) is 6.42. The summed E-state index contributed by atoms with van der Waals surface area (Å²) in [6.45, 7) is -1.64. The van der Waals surface area contributed by atoms with Crippen LogP contribution in [0.15, 0.2) is 39.5 Å². The molecule has 2 aromatic rings. The van der Waals surface area contributed by atoms with Crippen molar-refractivity contribution in [2.24, 2.45) is 0 Å². The van der Waals surface area contributed by atoms with Crippen LogP contribution in [0.1, 0.15) is 40.0 Å². The van der Waals surface area contributed by atoms with Crippen molar-refractivity contribution in [2.45, 2.75) is 37.1 Å². The maximum Gasteiger partial charge on any atom is 0.294 e. The van der Waals surface area contributed by atoms with Gasteiger partial charge in [-0.05, 0) is 28.1 Å². The lowest BCUT2D eigenvalue weighted by atomic mass is 9.99. The van der Waals surface area contributed by atoms with Crippen LogP contribution in [-0.4, -0.2) is 75.6 Å². The summed E-state index contributed by atoms with van der Waals surface area (Å²) in [7, 11) is 0. The maximum absolute atomic E-state index is 14.8. The minimum atomic E-state index is -3.34. The Morgan fingerprint density at radius 3 is 2.32 bits per heavy atom. The minimum Gasteiger partial charge on any atom is -0.374 e. The number of nitrogens with one attached hydrogen (secondary N) is 1. The first-order valence-corrected chi connectivity index (χ1v) is 13.0. The minimum absolute atomic E-state index is 0.0724. The number of hydrogen-bond acceptors (Lipinski definition) is 6. The summed E-state index contributed by atoms with van der Waals surface area (Å²) in [6, 6.07) is 2.66. The van der Waals surface area contributed by atoms with Crippen molar-refractivity contribution in [2.75, 3.05) is 31.5 Å². The Bertz CT molecular complexity index is 1270. The van der Waals surface area contributed by atoms with E-state index in [1.807, 2.05) is 0 Å². The van der Waals surface area contributed by atoms with Gasteiger partial charge in [-0.15, -0.1) is 0 Å². The Kier molecular flexibility index (Phi) is 7.98. The van der Waals surface area contributed by atoms with Crippen molar-refractivity contribution in [3.8, 4) is 0 Å². The summed E-state index contributed by atoms with van der Waals surface area (Å²) in [5.74, 6) is -7.71. The lowest BCUT2D eigenvalue weighted by Crippen LogP contribution is -2.54. The van der Waals surface area contributed by atoms with Crippen LogP contribution in [0.3, 0.4) is 0 Å². The average Bonchev–Trinajstić information content (AvgIpc) is 2.83. The van der Waals surface area contributed by atoms with Gasteiger partial charge < -0.3 is 15.1 Å². The molecular formula is C23H21Br2F4N5O4. The van der Waals surface area contributed by atoms with E-state index in [4.69, 9.17) is 0 Å². The number of benzene rings is 1. The lowest BCUT2D eigenvalue weighted by molar-refractivity contribution is -0.384. The Morgan fingerprint density at radius 1 is 1.00 bits per heavy atom. The van der Waals surface area contributed by atoms with E-state index < -0.39 is 66.1 Å². The lowest BCUT2D eigenvalue weighted by Gasteiger charge is -2.38. The number of hydrogen-bond donors (Lipinski definition) is 1. The number of aromatic nitrogens is 1. The number of piperidine rings is 2. The molecule has 1 atom stereocenters. The molecule has 0 saturated carbocycles. The molecule has 0 bridgehead atoms. The van der Waals surface area contributed by atoms with Gasteiger partial charge >= 0.3 is 0 Å². The molecule has 38 heavy (non-hydrogen) atoms. The van der Waals surface area contributed by atoms with Gasteiger partial charge in [0.05, 0.1) is 22.6 Å². The molecule has 2 amide bonds. The molecule has 2 fully saturated rings. The monoisotopic (exact) mass is 665 g/mol. The molecule has 15 heteroatoms. The number of halogens is 6. The maximum atomic E-state index is 14.8. The van der Waals surface area contributed by atoms with Crippen LogP contribution >= 0.6 is 31.9 Å². The highest BCUT2D eigenvalue weighted by Crippen LogP contribution is 2.38. The van der Waals surface area contributed by atoms with E-state index in [0.29, 0.717) is 4.47 Å². The normalized spacial score (nSPS) is 20.6. The second-order valence-corrected chi connectivity index (χ2v) is 11.1. The molecule has 0 spiro atoms. The van der Waals surface area contributed by atoms with Gasteiger partial charge in [0.25, 0.3) is 29.3 Å². The van der Waals surface area contributed by atoms with Crippen molar-refractivity contribution in [3.05, 3.63) is 60.8 Å². The highest BCUT2D eigenvalue weighted by molar-refractivity contribution is 9.10. The topological polar surface area (TPSA) is 109 Å². The first-order chi connectivity index (χ1) is 17.7. The van der Waals surface area contributed by atoms with Gasteiger partial charge in [0.15, 0.2) is 0 Å². The molecule has 204 valence electrons. The van der Waals surface area contributed by atoms with Gasteiger partial charge in [0.2, 0.25) is 0 Å². The molecule has 2 aliphatic rings. The smallest absolute Gasteiger partial charge is 0.294 e. The van der Waals surface area contributed by atoms with Crippen LogP contribution in [0, 0.1) is 10.1 Å². The van der Waals surface area contributed by atoms with E-state index in [0.717, 1.165) is 15.9 Å². The molecule has 2 aliphatic heterocycles. The van der Waals surface area contributed by atoms with Gasteiger partial charge in [-0.3, -0.25) is 24.7 Å². The summed E-state index contributed by atoms with van der Waals surface area (Å²) in [5.41, 5.74) is -1.03. The van der Waals surface area contributed by atoms with Crippen LogP contribution in [0.25, 0.3) is 0 Å². The first-order valence-electron chi connectivity index (χ1n) is 11.4. The number of nitro groups is 1. The molecule has 3 heterocycles. The van der Waals surface area contributed by atoms with Crippen molar-refractivity contribution in [1.29, 1.82) is 0 Å². The van der Waals surface area contributed by atoms with Gasteiger partial charge in [0.1, 0.15) is 5.69 Å². The fourth-order valence-corrected chi connectivity index (χ4v) is 5.34. The van der Waals surface area contributed by atoms with Crippen LogP contribution in [0.4, 0.5) is 28.9 Å². The van der Waals surface area contributed by atoms with Gasteiger partial charge in [-0.1, -0.05) is 15.9 Å². The summed E-state index contributed by atoms with van der Waals surface area (Å²) < 4.78 is 57.4. The van der Waals surface area contributed by atoms with Gasteiger partial charge in [-0.25, -0.2) is 17.6 Å². The van der Waals surface area contributed by atoms with E-state index in [-0.39, 0.29) is 40.9 Å². The zero-order valence-corrected chi connectivity index (χ0v) is 22.8. The van der Waals surface area contributed by atoms with E-state index >= 15 is 0 Å². The predicted octanol–water partition coefficient (Wildman–Crippen LogP) is 5.35. The molecule has 4 rings (SSSR count). The number of alkyl halides is 4. The number of rotatable bonds is 5. The van der Waals surface area contributed by atoms with Crippen molar-refractivity contribution >= 4 is 55.0 Å². The van der Waals surface area contributed by atoms with Gasteiger partial charge in [0, 0.05) is 72.3 Å².